The number of hydrogen-bond acceptors (Lipinski definition) is 6. The molecule has 2 aromatic carbocycles. The Morgan fingerprint density at radius 2 is 1.66 bits per heavy atom. The van der Waals surface area contributed by atoms with Crippen LogP contribution < -0.4 is 10.6 Å². The molecule has 1 aliphatic rings. The fraction of sp³-hybridized carbons (Fsp3) is 0.231. The number of ether oxygens (including phenoxy) is 2. The largest absolute Gasteiger partial charge is 0.477 e. The van der Waals surface area contributed by atoms with E-state index in [2.05, 4.69) is 27.8 Å². The van der Waals surface area contributed by atoms with E-state index in [9.17, 15) is 14.4 Å². The lowest BCUT2D eigenvalue weighted by Crippen LogP contribution is -2.49. The van der Waals surface area contributed by atoms with E-state index in [1.54, 1.807) is 6.07 Å². The van der Waals surface area contributed by atoms with Crippen LogP contribution in [-0.4, -0.2) is 54.4 Å². The molecule has 9 heteroatoms. The van der Waals surface area contributed by atoms with Crippen molar-refractivity contribution >= 4 is 18.0 Å². The molecule has 0 unspecified atom stereocenters. The minimum atomic E-state index is -1.13. The number of alkyl carbamates (subject to hydrolysis) is 1. The SMILES string of the molecule is COC[C@H](NC(=O)OCC1c2ccccc2-c2ccccc21)C(=O)NCc1ccc(C(=O)O)nc1. The molecular formula is C26H25N3O6. The molecule has 35 heavy (non-hydrogen) atoms. The maximum atomic E-state index is 12.6. The minimum absolute atomic E-state index is 0.0494. The first-order chi connectivity index (χ1) is 17.0. The summed E-state index contributed by atoms with van der Waals surface area (Å²) < 4.78 is 10.6. The number of benzene rings is 2. The highest BCUT2D eigenvalue weighted by molar-refractivity contribution is 5.86. The Hall–Kier alpha value is -4.24. The Morgan fingerprint density at radius 3 is 2.23 bits per heavy atom. The Morgan fingerprint density at radius 1 is 1.00 bits per heavy atom. The molecule has 3 aromatic rings. The van der Waals surface area contributed by atoms with Crippen LogP contribution >= 0.6 is 0 Å². The lowest BCUT2D eigenvalue weighted by atomic mass is 9.98. The molecule has 1 aromatic heterocycles. The van der Waals surface area contributed by atoms with Gasteiger partial charge >= 0.3 is 12.1 Å². The van der Waals surface area contributed by atoms with Gasteiger partial charge in [0.25, 0.3) is 0 Å². The second kappa shape index (κ2) is 10.8. The molecule has 1 aliphatic carbocycles. The van der Waals surface area contributed by atoms with Crippen LogP contribution in [0.15, 0.2) is 66.9 Å². The van der Waals surface area contributed by atoms with Gasteiger partial charge in [0, 0.05) is 25.8 Å². The van der Waals surface area contributed by atoms with Gasteiger partial charge in [0.1, 0.15) is 18.3 Å². The van der Waals surface area contributed by atoms with Gasteiger partial charge in [0.05, 0.1) is 6.61 Å². The first-order valence-electron chi connectivity index (χ1n) is 11.0. The quantitative estimate of drug-likeness (QED) is 0.434. The predicted octanol–water partition coefficient (Wildman–Crippen LogP) is 2.95. The van der Waals surface area contributed by atoms with Crippen LogP contribution in [0.25, 0.3) is 11.1 Å². The van der Waals surface area contributed by atoms with Gasteiger partial charge in [-0.3, -0.25) is 4.79 Å². The van der Waals surface area contributed by atoms with Gasteiger partial charge in [-0.05, 0) is 33.9 Å². The topological polar surface area (TPSA) is 127 Å². The third-order valence-electron chi connectivity index (χ3n) is 5.80. The number of amides is 2. The van der Waals surface area contributed by atoms with Gasteiger partial charge in [-0.15, -0.1) is 0 Å². The summed E-state index contributed by atoms with van der Waals surface area (Å²) in [5, 5.41) is 14.2. The number of carboxylic acid groups (broad SMARTS) is 1. The van der Waals surface area contributed by atoms with Crippen LogP contribution in [0.5, 0.6) is 0 Å². The van der Waals surface area contributed by atoms with E-state index in [0.29, 0.717) is 5.56 Å². The van der Waals surface area contributed by atoms with Crippen molar-refractivity contribution in [2.45, 2.75) is 18.5 Å². The second-order valence-electron chi connectivity index (χ2n) is 8.05. The van der Waals surface area contributed by atoms with Crippen molar-refractivity contribution in [3.8, 4) is 11.1 Å². The molecule has 2 amide bonds. The highest BCUT2D eigenvalue weighted by atomic mass is 16.5. The normalized spacial score (nSPS) is 12.8. The fourth-order valence-corrected chi connectivity index (χ4v) is 4.10. The van der Waals surface area contributed by atoms with Crippen LogP contribution in [0.1, 0.15) is 33.1 Å². The van der Waals surface area contributed by atoms with Crippen LogP contribution in [-0.2, 0) is 20.8 Å². The lowest BCUT2D eigenvalue weighted by molar-refractivity contribution is -0.124. The summed E-state index contributed by atoms with van der Waals surface area (Å²) in [5.41, 5.74) is 4.96. The average molecular weight is 476 g/mol. The van der Waals surface area contributed by atoms with Gasteiger partial charge in [-0.25, -0.2) is 14.6 Å². The van der Waals surface area contributed by atoms with Crippen molar-refractivity contribution in [2.75, 3.05) is 20.3 Å². The zero-order valence-electron chi connectivity index (χ0n) is 19.1. The van der Waals surface area contributed by atoms with Crippen LogP contribution in [0.2, 0.25) is 0 Å². The number of fused-ring (bicyclic) bond motifs is 3. The number of aromatic carboxylic acids is 1. The zero-order chi connectivity index (χ0) is 24.8. The van der Waals surface area contributed by atoms with Crippen molar-refractivity contribution in [2.24, 2.45) is 0 Å². The molecule has 1 heterocycles. The number of carbonyl (C=O) groups excluding carboxylic acids is 2. The van der Waals surface area contributed by atoms with Gasteiger partial charge < -0.3 is 25.2 Å². The number of hydrogen-bond donors (Lipinski definition) is 3. The number of carboxylic acids is 1. The van der Waals surface area contributed by atoms with Crippen molar-refractivity contribution < 1.29 is 29.0 Å². The number of aromatic nitrogens is 1. The summed E-state index contributed by atoms with van der Waals surface area (Å²) in [7, 11) is 1.42. The Bertz CT molecular complexity index is 1180. The number of carbonyl (C=O) groups is 3. The van der Waals surface area contributed by atoms with E-state index >= 15 is 0 Å². The third kappa shape index (κ3) is 5.47. The molecule has 0 saturated carbocycles. The molecule has 3 N–H and O–H groups in total. The first-order valence-corrected chi connectivity index (χ1v) is 11.0. The molecule has 0 bridgehead atoms. The maximum absolute atomic E-state index is 12.6. The van der Waals surface area contributed by atoms with Gasteiger partial charge in [-0.1, -0.05) is 54.6 Å². The van der Waals surface area contributed by atoms with Gasteiger partial charge in [0.2, 0.25) is 5.91 Å². The number of nitrogens with zero attached hydrogens (tertiary/aromatic N) is 1. The molecule has 9 nitrogen and oxygen atoms in total. The van der Waals surface area contributed by atoms with Crippen LogP contribution in [0, 0.1) is 0 Å². The van der Waals surface area contributed by atoms with E-state index in [1.165, 1.54) is 19.4 Å². The summed E-state index contributed by atoms with van der Waals surface area (Å²) in [5.74, 6) is -1.69. The average Bonchev–Trinajstić information content (AvgIpc) is 3.19. The number of methoxy groups -OCH3 is 1. The standard InChI is InChI=1S/C26H25N3O6/c1-34-15-23(24(30)28-13-16-10-11-22(25(31)32)27-12-16)29-26(33)35-14-21-19-8-4-2-6-17(19)18-7-3-5-9-20(18)21/h2-12,21,23H,13-15H2,1H3,(H,28,30)(H,29,33)(H,31,32)/t23-/m0/s1. The minimum Gasteiger partial charge on any atom is -0.477 e. The molecule has 180 valence electrons. The van der Waals surface area contributed by atoms with Crippen LogP contribution in [0.3, 0.4) is 0 Å². The Kier molecular flexibility index (Phi) is 7.37. The summed E-state index contributed by atoms with van der Waals surface area (Å²) in [6.07, 6.45) is 0.644. The smallest absolute Gasteiger partial charge is 0.407 e. The molecule has 0 fully saturated rings. The van der Waals surface area contributed by atoms with Crippen molar-refractivity contribution in [3.05, 3.63) is 89.2 Å². The van der Waals surface area contributed by atoms with E-state index in [4.69, 9.17) is 14.6 Å². The summed E-state index contributed by atoms with van der Waals surface area (Å²) >= 11 is 0. The fourth-order valence-electron chi connectivity index (χ4n) is 4.10. The number of nitrogens with one attached hydrogen (secondary N) is 2. The summed E-state index contributed by atoms with van der Waals surface area (Å²) in [4.78, 5) is 39.9. The molecule has 1 atom stereocenters. The Balaban J connectivity index is 1.34. The maximum Gasteiger partial charge on any atom is 0.407 e. The zero-order valence-corrected chi connectivity index (χ0v) is 19.1. The van der Waals surface area contributed by atoms with E-state index in [0.717, 1.165) is 22.3 Å². The van der Waals surface area contributed by atoms with E-state index in [1.807, 2.05) is 36.4 Å². The third-order valence-corrected chi connectivity index (χ3v) is 5.80. The lowest BCUT2D eigenvalue weighted by Gasteiger charge is -2.19. The van der Waals surface area contributed by atoms with Gasteiger partial charge in [0.15, 0.2) is 0 Å². The molecule has 0 aliphatic heterocycles. The first kappa shape index (κ1) is 23.9. The van der Waals surface area contributed by atoms with Crippen molar-refractivity contribution in [1.29, 1.82) is 0 Å². The summed E-state index contributed by atoms with van der Waals surface area (Å²) in [6, 6.07) is 18.0. The monoisotopic (exact) mass is 475 g/mol. The second-order valence-corrected chi connectivity index (χ2v) is 8.05. The molecule has 0 saturated heterocycles. The predicted molar refractivity (Wildman–Crippen MR) is 127 cm³/mol. The molecule has 0 radical (unpaired) electrons. The summed E-state index contributed by atoms with van der Waals surface area (Å²) in [6.45, 7) is 0.188. The highest BCUT2D eigenvalue weighted by Crippen LogP contribution is 2.44. The number of pyridine rings is 1. The van der Waals surface area contributed by atoms with Crippen LogP contribution in [0.4, 0.5) is 4.79 Å². The van der Waals surface area contributed by atoms with Gasteiger partial charge in [-0.2, -0.15) is 0 Å². The van der Waals surface area contributed by atoms with Crippen molar-refractivity contribution in [1.82, 2.24) is 15.6 Å². The molecule has 0 spiro atoms. The highest BCUT2D eigenvalue weighted by Gasteiger charge is 2.29. The Labute approximate surface area is 202 Å². The van der Waals surface area contributed by atoms with E-state index < -0.39 is 24.0 Å². The molecule has 4 rings (SSSR count). The number of rotatable bonds is 9. The van der Waals surface area contributed by atoms with Crippen molar-refractivity contribution in [3.63, 3.8) is 0 Å². The van der Waals surface area contributed by atoms with E-state index in [-0.39, 0.29) is 31.4 Å². The molecular weight excluding hydrogens is 450 g/mol.